The number of ether oxygens (including phenoxy) is 1. The molecule has 0 bridgehead atoms. The van der Waals surface area contributed by atoms with Crippen LogP contribution in [-0.4, -0.2) is 5.11 Å². The van der Waals surface area contributed by atoms with Gasteiger partial charge in [-0.05, 0) is 19.1 Å². The van der Waals surface area contributed by atoms with Crippen LogP contribution in [0.15, 0.2) is 30.5 Å². The first-order chi connectivity index (χ1) is 5.68. The molecule has 1 unspecified atom stereocenters. The average Bonchev–Trinajstić information content (AvgIpc) is 2.31. The van der Waals surface area contributed by atoms with Crippen molar-refractivity contribution < 1.29 is 9.84 Å². The van der Waals surface area contributed by atoms with Gasteiger partial charge in [-0.25, -0.2) is 0 Å². The Morgan fingerprint density at radius 3 is 3.00 bits per heavy atom. The van der Waals surface area contributed by atoms with Gasteiger partial charge in [0.1, 0.15) is 17.6 Å². The molecule has 0 saturated heterocycles. The lowest BCUT2D eigenvalue weighted by Gasteiger charge is -1.99. The molecule has 0 aromatic heterocycles. The molecule has 0 radical (unpaired) electrons. The highest BCUT2D eigenvalue weighted by Crippen LogP contribution is 2.38. The van der Waals surface area contributed by atoms with E-state index in [9.17, 15) is 5.11 Å². The molecule has 1 aromatic carbocycles. The van der Waals surface area contributed by atoms with E-state index >= 15 is 0 Å². The summed E-state index contributed by atoms with van der Waals surface area (Å²) in [7, 11) is 0. The fourth-order valence-electron chi connectivity index (χ4n) is 1.35. The Hall–Kier alpha value is -1.28. The van der Waals surface area contributed by atoms with Crippen LogP contribution in [0, 0.1) is 6.92 Å². The van der Waals surface area contributed by atoms with Crippen LogP contribution in [0.1, 0.15) is 17.2 Å². The SMILES string of the molecule is C=C1Oc2ccc(C)cc2C1O. The summed E-state index contributed by atoms with van der Waals surface area (Å²) < 4.78 is 5.23. The second-order valence-corrected chi connectivity index (χ2v) is 3.01. The summed E-state index contributed by atoms with van der Waals surface area (Å²) in [5, 5.41) is 9.55. The van der Waals surface area contributed by atoms with Crippen LogP contribution in [0.5, 0.6) is 5.75 Å². The molecule has 1 N–H and O–H groups in total. The Bertz CT molecular complexity index is 342. The fourth-order valence-corrected chi connectivity index (χ4v) is 1.35. The van der Waals surface area contributed by atoms with E-state index in [1.165, 1.54) is 0 Å². The summed E-state index contributed by atoms with van der Waals surface area (Å²) in [5.41, 5.74) is 1.94. The number of aryl methyl sites for hydroxylation is 1. The molecular formula is C10H10O2. The highest BCUT2D eigenvalue weighted by atomic mass is 16.5. The number of hydrogen-bond donors (Lipinski definition) is 1. The molecular weight excluding hydrogens is 152 g/mol. The average molecular weight is 162 g/mol. The summed E-state index contributed by atoms with van der Waals surface area (Å²) in [6.07, 6.45) is -0.653. The van der Waals surface area contributed by atoms with Gasteiger partial charge in [0.15, 0.2) is 0 Å². The van der Waals surface area contributed by atoms with Crippen molar-refractivity contribution in [3.8, 4) is 5.75 Å². The zero-order valence-electron chi connectivity index (χ0n) is 6.87. The third-order valence-corrected chi connectivity index (χ3v) is 2.01. The molecule has 0 amide bonds. The summed E-state index contributed by atoms with van der Waals surface area (Å²) in [5.74, 6) is 1.13. The lowest BCUT2D eigenvalue weighted by Crippen LogP contribution is -1.94. The molecule has 0 saturated carbocycles. The molecule has 1 aliphatic rings. The Kier molecular flexibility index (Phi) is 1.45. The minimum Gasteiger partial charge on any atom is -0.459 e. The largest absolute Gasteiger partial charge is 0.459 e. The van der Waals surface area contributed by atoms with E-state index in [1.807, 2.05) is 25.1 Å². The second kappa shape index (κ2) is 2.35. The molecule has 2 nitrogen and oxygen atoms in total. The van der Waals surface area contributed by atoms with Crippen LogP contribution in [0.3, 0.4) is 0 Å². The van der Waals surface area contributed by atoms with Gasteiger partial charge < -0.3 is 9.84 Å². The molecule has 0 aliphatic carbocycles. The third kappa shape index (κ3) is 0.924. The number of fused-ring (bicyclic) bond motifs is 1. The lowest BCUT2D eigenvalue weighted by molar-refractivity contribution is 0.192. The molecule has 2 heteroatoms. The van der Waals surface area contributed by atoms with Crippen molar-refractivity contribution in [2.45, 2.75) is 13.0 Å². The number of hydrogen-bond acceptors (Lipinski definition) is 2. The van der Waals surface area contributed by atoms with Crippen molar-refractivity contribution in [2.24, 2.45) is 0 Å². The number of benzene rings is 1. The van der Waals surface area contributed by atoms with Gasteiger partial charge in [-0.2, -0.15) is 0 Å². The molecule has 1 aromatic rings. The van der Waals surface area contributed by atoms with Crippen LogP contribution in [0.2, 0.25) is 0 Å². The Labute approximate surface area is 71.1 Å². The van der Waals surface area contributed by atoms with Gasteiger partial charge >= 0.3 is 0 Å². The zero-order chi connectivity index (χ0) is 8.72. The number of aliphatic hydroxyl groups excluding tert-OH is 1. The molecule has 0 fully saturated rings. The molecule has 1 aliphatic heterocycles. The zero-order valence-corrected chi connectivity index (χ0v) is 6.87. The standard InChI is InChI=1S/C10H10O2/c1-6-3-4-9-8(5-6)10(11)7(2)12-9/h3-5,10-11H,2H2,1H3. The summed E-state index contributed by atoms with van der Waals surface area (Å²) in [4.78, 5) is 0. The smallest absolute Gasteiger partial charge is 0.140 e. The maximum absolute atomic E-state index is 9.55. The van der Waals surface area contributed by atoms with Crippen molar-refractivity contribution >= 4 is 0 Å². The predicted octanol–water partition coefficient (Wildman–Crippen LogP) is 1.93. The quantitative estimate of drug-likeness (QED) is 0.631. The molecule has 1 heterocycles. The van der Waals surface area contributed by atoms with Gasteiger partial charge in [-0.1, -0.05) is 18.2 Å². The highest BCUT2D eigenvalue weighted by Gasteiger charge is 2.25. The Morgan fingerprint density at radius 2 is 2.25 bits per heavy atom. The van der Waals surface area contributed by atoms with Crippen molar-refractivity contribution in [2.75, 3.05) is 0 Å². The van der Waals surface area contributed by atoms with Crippen LogP contribution in [0.25, 0.3) is 0 Å². The van der Waals surface area contributed by atoms with Crippen LogP contribution in [-0.2, 0) is 0 Å². The summed E-state index contributed by atoms with van der Waals surface area (Å²) in [6.45, 7) is 5.59. The first kappa shape index (κ1) is 7.37. The van der Waals surface area contributed by atoms with E-state index in [4.69, 9.17) is 4.74 Å². The van der Waals surface area contributed by atoms with Crippen molar-refractivity contribution in [1.29, 1.82) is 0 Å². The second-order valence-electron chi connectivity index (χ2n) is 3.01. The minimum atomic E-state index is -0.653. The number of rotatable bonds is 0. The van der Waals surface area contributed by atoms with Crippen LogP contribution in [0.4, 0.5) is 0 Å². The van der Waals surface area contributed by atoms with E-state index in [0.717, 1.165) is 16.9 Å². The van der Waals surface area contributed by atoms with E-state index < -0.39 is 6.10 Å². The van der Waals surface area contributed by atoms with E-state index in [0.29, 0.717) is 5.76 Å². The first-order valence-electron chi connectivity index (χ1n) is 3.84. The number of aliphatic hydroxyl groups is 1. The van der Waals surface area contributed by atoms with Gasteiger partial charge in [-0.15, -0.1) is 0 Å². The highest BCUT2D eigenvalue weighted by molar-refractivity contribution is 5.45. The van der Waals surface area contributed by atoms with Crippen molar-refractivity contribution in [3.63, 3.8) is 0 Å². The van der Waals surface area contributed by atoms with Crippen LogP contribution < -0.4 is 4.74 Å². The van der Waals surface area contributed by atoms with Crippen molar-refractivity contribution in [1.82, 2.24) is 0 Å². The third-order valence-electron chi connectivity index (χ3n) is 2.01. The predicted molar refractivity (Wildman–Crippen MR) is 45.9 cm³/mol. The van der Waals surface area contributed by atoms with Gasteiger partial charge in [0.05, 0.1) is 0 Å². The lowest BCUT2D eigenvalue weighted by atomic mass is 10.1. The molecule has 0 spiro atoms. The fraction of sp³-hybridized carbons (Fsp3) is 0.200. The normalized spacial score (nSPS) is 20.5. The molecule has 1 atom stereocenters. The minimum absolute atomic E-state index is 0.413. The van der Waals surface area contributed by atoms with E-state index in [1.54, 1.807) is 0 Å². The summed E-state index contributed by atoms with van der Waals surface area (Å²) >= 11 is 0. The topological polar surface area (TPSA) is 29.5 Å². The molecule has 12 heavy (non-hydrogen) atoms. The van der Waals surface area contributed by atoms with Gasteiger partial charge in [0.25, 0.3) is 0 Å². The molecule has 2 rings (SSSR count). The Balaban J connectivity index is 2.55. The first-order valence-corrected chi connectivity index (χ1v) is 3.84. The maximum Gasteiger partial charge on any atom is 0.140 e. The van der Waals surface area contributed by atoms with Gasteiger partial charge in [0.2, 0.25) is 0 Å². The maximum atomic E-state index is 9.55. The summed E-state index contributed by atoms with van der Waals surface area (Å²) in [6, 6.07) is 5.72. The van der Waals surface area contributed by atoms with Gasteiger partial charge in [-0.3, -0.25) is 0 Å². The van der Waals surface area contributed by atoms with Gasteiger partial charge in [0, 0.05) is 5.56 Å². The van der Waals surface area contributed by atoms with E-state index in [2.05, 4.69) is 6.58 Å². The van der Waals surface area contributed by atoms with Crippen LogP contribution >= 0.6 is 0 Å². The Morgan fingerprint density at radius 1 is 1.50 bits per heavy atom. The molecule has 62 valence electrons. The monoisotopic (exact) mass is 162 g/mol. The van der Waals surface area contributed by atoms with E-state index in [-0.39, 0.29) is 0 Å². The van der Waals surface area contributed by atoms with Crippen molar-refractivity contribution in [3.05, 3.63) is 41.7 Å².